The molecule has 2 heterocycles. The number of nitrogens with zero attached hydrogens (tertiary/aromatic N) is 2. The lowest BCUT2D eigenvalue weighted by molar-refractivity contribution is 0.145. The molecule has 2 aliphatic rings. The minimum absolute atomic E-state index is 0.105. The second kappa shape index (κ2) is 7.02. The van der Waals surface area contributed by atoms with Crippen LogP contribution < -0.4 is 15.5 Å². The topological polar surface area (TPSA) is 75.9 Å². The molecule has 3 rings (SSSR count). The quantitative estimate of drug-likeness (QED) is 0.878. The Labute approximate surface area is 141 Å². The molecule has 2 aliphatic heterocycles. The van der Waals surface area contributed by atoms with E-state index in [1.165, 1.54) is 4.90 Å². The van der Waals surface area contributed by atoms with Gasteiger partial charge in [-0.1, -0.05) is 0 Å². The molecule has 24 heavy (non-hydrogen) atoms. The summed E-state index contributed by atoms with van der Waals surface area (Å²) < 4.78 is 45.6. The van der Waals surface area contributed by atoms with E-state index in [9.17, 15) is 17.8 Å². The van der Waals surface area contributed by atoms with E-state index < -0.39 is 34.6 Å². The molecule has 1 amide bonds. The number of anilines is 2. The van der Waals surface area contributed by atoms with Crippen LogP contribution in [-0.4, -0.2) is 54.1 Å². The van der Waals surface area contributed by atoms with Gasteiger partial charge in [-0.05, 0) is 6.42 Å². The largest absolute Gasteiger partial charge is 0.443 e. The van der Waals surface area contributed by atoms with Gasteiger partial charge in [-0.2, -0.15) is 0 Å². The van der Waals surface area contributed by atoms with Gasteiger partial charge < -0.3 is 15.4 Å². The fraction of sp³-hybridized carbons (Fsp3) is 0.533. The van der Waals surface area contributed by atoms with Gasteiger partial charge >= 0.3 is 6.09 Å². The molecule has 2 N–H and O–H groups in total. The van der Waals surface area contributed by atoms with Crippen molar-refractivity contribution in [2.45, 2.75) is 12.5 Å². The first kappa shape index (κ1) is 17.1. The van der Waals surface area contributed by atoms with Crippen LogP contribution in [0.5, 0.6) is 0 Å². The Kier molecular flexibility index (Phi) is 5.00. The lowest BCUT2D eigenvalue weighted by atomic mass is 10.2. The Morgan fingerprint density at radius 1 is 1.25 bits per heavy atom. The van der Waals surface area contributed by atoms with Crippen LogP contribution in [-0.2, 0) is 15.5 Å². The number of hydrogen-bond donors (Lipinski definition) is 1. The number of halogens is 2. The van der Waals surface area contributed by atoms with Crippen LogP contribution >= 0.6 is 0 Å². The fourth-order valence-electron chi connectivity index (χ4n) is 2.93. The van der Waals surface area contributed by atoms with Gasteiger partial charge in [0.05, 0.1) is 12.2 Å². The summed E-state index contributed by atoms with van der Waals surface area (Å²) in [6, 6.07) is 2.25. The lowest BCUT2D eigenvalue weighted by Gasteiger charge is -2.24. The first-order valence-corrected chi connectivity index (χ1v) is 9.25. The van der Waals surface area contributed by atoms with Gasteiger partial charge in [0.15, 0.2) is 11.6 Å². The number of carbonyl (C=O) groups is 1. The van der Waals surface area contributed by atoms with E-state index in [0.29, 0.717) is 31.0 Å². The van der Waals surface area contributed by atoms with Crippen molar-refractivity contribution in [2.24, 2.45) is 5.73 Å². The number of amides is 1. The molecule has 6 nitrogen and oxygen atoms in total. The highest BCUT2D eigenvalue weighted by Gasteiger charge is 2.33. The van der Waals surface area contributed by atoms with Gasteiger partial charge in [0.25, 0.3) is 0 Å². The molecule has 2 atom stereocenters. The van der Waals surface area contributed by atoms with Crippen LogP contribution in [0.3, 0.4) is 0 Å². The fourth-order valence-corrected chi connectivity index (χ4v) is 4.01. The number of benzene rings is 1. The average molecular weight is 359 g/mol. The van der Waals surface area contributed by atoms with Crippen molar-refractivity contribution < 1.29 is 22.5 Å². The van der Waals surface area contributed by atoms with E-state index in [1.807, 2.05) is 0 Å². The number of ether oxygens (including phenoxy) is 1. The Morgan fingerprint density at radius 2 is 1.96 bits per heavy atom. The molecular formula is C15H19F2N3O3S. The third-order valence-corrected chi connectivity index (χ3v) is 5.54. The zero-order valence-corrected chi connectivity index (χ0v) is 13.9. The maximum atomic E-state index is 14.5. The molecule has 2 unspecified atom stereocenters. The molecule has 2 saturated heterocycles. The Hall–Kier alpha value is -1.74. The Morgan fingerprint density at radius 3 is 2.58 bits per heavy atom. The lowest BCUT2D eigenvalue weighted by Crippen LogP contribution is -2.30. The van der Waals surface area contributed by atoms with Crippen LogP contribution in [0.1, 0.15) is 6.42 Å². The van der Waals surface area contributed by atoms with Crippen molar-refractivity contribution >= 4 is 28.3 Å². The summed E-state index contributed by atoms with van der Waals surface area (Å²) in [5.74, 6) is -0.571. The summed E-state index contributed by atoms with van der Waals surface area (Å²) in [6.45, 7) is 1.09. The molecule has 0 aliphatic carbocycles. The summed E-state index contributed by atoms with van der Waals surface area (Å²) in [6.07, 6.45) is -0.532. The highest BCUT2D eigenvalue weighted by molar-refractivity contribution is 7.85. The summed E-state index contributed by atoms with van der Waals surface area (Å²) >= 11 is 0. The highest BCUT2D eigenvalue weighted by atomic mass is 32.2. The molecule has 0 spiro atoms. The minimum Gasteiger partial charge on any atom is -0.443 e. The van der Waals surface area contributed by atoms with Gasteiger partial charge in [0, 0.05) is 54.1 Å². The SMILES string of the molecule is NCC1CN(c2cc(F)c(N3CCCS(=O)CC3)c(F)c2)C(=O)O1. The number of rotatable bonds is 3. The third-order valence-electron chi connectivity index (χ3n) is 4.16. The minimum atomic E-state index is -0.949. The van der Waals surface area contributed by atoms with Crippen LogP contribution in [0.2, 0.25) is 0 Å². The second-order valence-corrected chi connectivity index (χ2v) is 7.49. The van der Waals surface area contributed by atoms with Crippen LogP contribution in [0, 0.1) is 11.6 Å². The second-order valence-electron chi connectivity index (χ2n) is 5.80. The smallest absolute Gasteiger partial charge is 0.414 e. The molecule has 1 aromatic carbocycles. The number of hydrogen-bond acceptors (Lipinski definition) is 5. The monoisotopic (exact) mass is 359 g/mol. The summed E-state index contributed by atoms with van der Waals surface area (Å²) in [7, 11) is -0.949. The predicted octanol–water partition coefficient (Wildman–Crippen LogP) is 1.21. The molecular weight excluding hydrogens is 340 g/mol. The third kappa shape index (κ3) is 3.36. The molecule has 0 saturated carbocycles. The van der Waals surface area contributed by atoms with E-state index >= 15 is 0 Å². The van der Waals surface area contributed by atoms with E-state index in [1.54, 1.807) is 4.90 Å². The molecule has 0 bridgehead atoms. The van der Waals surface area contributed by atoms with Gasteiger partial charge in [0.1, 0.15) is 11.8 Å². The average Bonchev–Trinajstić information content (AvgIpc) is 2.79. The van der Waals surface area contributed by atoms with Crippen molar-refractivity contribution in [3.05, 3.63) is 23.8 Å². The maximum Gasteiger partial charge on any atom is 0.414 e. The van der Waals surface area contributed by atoms with Crippen molar-refractivity contribution in [1.29, 1.82) is 0 Å². The van der Waals surface area contributed by atoms with Crippen LogP contribution in [0.15, 0.2) is 12.1 Å². The first-order valence-electron chi connectivity index (χ1n) is 7.76. The number of cyclic esters (lactones) is 1. The van der Waals surface area contributed by atoms with E-state index in [-0.39, 0.29) is 24.5 Å². The zero-order chi connectivity index (χ0) is 17.3. The van der Waals surface area contributed by atoms with Crippen LogP contribution in [0.25, 0.3) is 0 Å². The van der Waals surface area contributed by atoms with E-state index in [4.69, 9.17) is 10.5 Å². The van der Waals surface area contributed by atoms with Gasteiger partial charge in [-0.25, -0.2) is 13.6 Å². The Bertz CT molecular complexity index is 650. The summed E-state index contributed by atoms with van der Waals surface area (Å²) in [5, 5.41) is 0. The van der Waals surface area contributed by atoms with Gasteiger partial charge in [-0.3, -0.25) is 9.11 Å². The van der Waals surface area contributed by atoms with Gasteiger partial charge in [0.2, 0.25) is 0 Å². The zero-order valence-electron chi connectivity index (χ0n) is 13.0. The molecule has 9 heteroatoms. The molecule has 0 radical (unpaired) electrons. The van der Waals surface area contributed by atoms with Crippen molar-refractivity contribution in [2.75, 3.05) is 47.5 Å². The molecule has 1 aromatic rings. The van der Waals surface area contributed by atoms with E-state index in [0.717, 1.165) is 12.1 Å². The van der Waals surface area contributed by atoms with Gasteiger partial charge in [-0.15, -0.1) is 0 Å². The molecule has 2 fully saturated rings. The summed E-state index contributed by atoms with van der Waals surface area (Å²) in [5.41, 5.74) is 5.43. The van der Waals surface area contributed by atoms with Crippen molar-refractivity contribution in [1.82, 2.24) is 0 Å². The van der Waals surface area contributed by atoms with Crippen LogP contribution in [0.4, 0.5) is 25.0 Å². The molecule has 0 aromatic heterocycles. The van der Waals surface area contributed by atoms with Crippen molar-refractivity contribution in [3.63, 3.8) is 0 Å². The number of carbonyl (C=O) groups excluding carboxylic acids is 1. The standard InChI is InChI=1S/C15H19F2N3O3S/c16-12-6-10(20-9-11(8-18)23-15(20)21)7-13(17)14(12)19-2-1-4-24(22)5-3-19/h6-7,11H,1-5,8-9,18H2. The summed E-state index contributed by atoms with van der Waals surface area (Å²) in [4.78, 5) is 14.5. The maximum absolute atomic E-state index is 14.5. The van der Waals surface area contributed by atoms with Crippen molar-refractivity contribution in [3.8, 4) is 0 Å². The van der Waals surface area contributed by atoms with E-state index in [2.05, 4.69) is 0 Å². The number of nitrogens with two attached hydrogens (primary N) is 1. The first-order chi connectivity index (χ1) is 11.5. The Balaban J connectivity index is 1.86. The molecule has 132 valence electrons. The normalized spacial score (nSPS) is 24.9. The highest BCUT2D eigenvalue weighted by Crippen LogP contribution is 2.31. The predicted molar refractivity (Wildman–Crippen MR) is 87.7 cm³/mol.